The number of benzene rings is 1. The average molecular weight is 194 g/mol. The van der Waals surface area contributed by atoms with Crippen LogP contribution in [-0.2, 0) is 0 Å². The van der Waals surface area contributed by atoms with Gasteiger partial charge < -0.3 is 0 Å². The summed E-state index contributed by atoms with van der Waals surface area (Å²) >= 11 is 0. The number of fused-ring (bicyclic) bond motifs is 3. The Balaban J connectivity index is 2.64. The second kappa shape index (κ2) is 3.02. The van der Waals surface area contributed by atoms with E-state index in [1.807, 2.05) is 37.4 Å². The Bertz CT molecular complexity index is 644. The maximum absolute atomic E-state index is 4.54. The zero-order valence-electron chi connectivity index (χ0n) is 8.44. The van der Waals surface area contributed by atoms with Crippen molar-refractivity contribution in [3.8, 4) is 0 Å². The Morgan fingerprint density at radius 3 is 2.67 bits per heavy atom. The molecule has 2 heteroatoms. The standard InChI is InChI=1S/C13H10N2/c1-9-13-11(6-4-8-14-13)10-5-2-3-7-12(10)15-9/h2-8H,1H3. The molecule has 2 heterocycles. The number of hydrogen-bond acceptors (Lipinski definition) is 2. The van der Waals surface area contributed by atoms with Gasteiger partial charge in [0.05, 0.1) is 16.7 Å². The fourth-order valence-corrected chi connectivity index (χ4v) is 1.94. The maximum atomic E-state index is 4.54. The molecule has 0 N–H and O–H groups in total. The van der Waals surface area contributed by atoms with Gasteiger partial charge in [0.1, 0.15) is 0 Å². The van der Waals surface area contributed by atoms with Crippen LogP contribution in [-0.4, -0.2) is 9.97 Å². The van der Waals surface area contributed by atoms with Gasteiger partial charge in [-0.25, -0.2) is 0 Å². The van der Waals surface area contributed by atoms with Crippen molar-refractivity contribution in [1.82, 2.24) is 9.97 Å². The lowest BCUT2D eigenvalue weighted by Crippen LogP contribution is -1.89. The number of aryl methyl sites for hydroxylation is 1. The molecule has 2 nitrogen and oxygen atoms in total. The summed E-state index contributed by atoms with van der Waals surface area (Å²) in [5.41, 5.74) is 3.02. The van der Waals surface area contributed by atoms with Gasteiger partial charge in [0.15, 0.2) is 0 Å². The lowest BCUT2D eigenvalue weighted by Gasteiger charge is -2.04. The molecule has 0 amide bonds. The summed E-state index contributed by atoms with van der Waals surface area (Å²) in [6.07, 6.45) is 1.81. The van der Waals surface area contributed by atoms with Crippen molar-refractivity contribution in [3.05, 3.63) is 48.3 Å². The molecule has 0 unspecified atom stereocenters. The fourth-order valence-electron chi connectivity index (χ4n) is 1.94. The van der Waals surface area contributed by atoms with Crippen molar-refractivity contribution in [2.75, 3.05) is 0 Å². The lowest BCUT2D eigenvalue weighted by molar-refractivity contribution is 1.25. The summed E-state index contributed by atoms with van der Waals surface area (Å²) < 4.78 is 0. The minimum absolute atomic E-state index is 0.990. The van der Waals surface area contributed by atoms with E-state index in [1.165, 1.54) is 10.8 Å². The first-order valence-corrected chi connectivity index (χ1v) is 4.96. The summed E-state index contributed by atoms with van der Waals surface area (Å²) in [5.74, 6) is 0. The summed E-state index contributed by atoms with van der Waals surface area (Å²) in [6.45, 7) is 2.00. The molecule has 3 rings (SSSR count). The van der Waals surface area contributed by atoms with Crippen LogP contribution in [0.5, 0.6) is 0 Å². The van der Waals surface area contributed by atoms with Gasteiger partial charge in [0.25, 0.3) is 0 Å². The van der Waals surface area contributed by atoms with E-state index < -0.39 is 0 Å². The molecule has 0 saturated carbocycles. The zero-order valence-corrected chi connectivity index (χ0v) is 8.44. The predicted octanol–water partition coefficient (Wildman–Crippen LogP) is 3.09. The molecule has 1 aromatic carbocycles. The molecule has 0 aliphatic rings. The Labute approximate surface area is 87.6 Å². The smallest absolute Gasteiger partial charge is 0.0920 e. The van der Waals surface area contributed by atoms with Gasteiger partial charge in [-0.05, 0) is 19.1 Å². The molecule has 3 aromatic rings. The van der Waals surface area contributed by atoms with Crippen molar-refractivity contribution >= 4 is 21.8 Å². The summed E-state index contributed by atoms with van der Waals surface area (Å²) in [6, 6.07) is 12.2. The van der Waals surface area contributed by atoms with Crippen LogP contribution in [0.25, 0.3) is 21.8 Å². The molecule has 72 valence electrons. The fraction of sp³-hybridized carbons (Fsp3) is 0.0769. The van der Waals surface area contributed by atoms with Gasteiger partial charge in [0, 0.05) is 17.0 Å². The van der Waals surface area contributed by atoms with Crippen molar-refractivity contribution < 1.29 is 0 Å². The second-order valence-corrected chi connectivity index (χ2v) is 3.61. The number of hydrogen-bond donors (Lipinski definition) is 0. The van der Waals surface area contributed by atoms with Crippen LogP contribution in [0.2, 0.25) is 0 Å². The number of pyridine rings is 2. The Kier molecular flexibility index (Phi) is 1.68. The van der Waals surface area contributed by atoms with E-state index in [1.54, 1.807) is 0 Å². The first-order chi connectivity index (χ1) is 7.36. The molecule has 0 aliphatic heterocycles. The molecule has 0 spiro atoms. The van der Waals surface area contributed by atoms with Crippen molar-refractivity contribution in [3.63, 3.8) is 0 Å². The third-order valence-electron chi connectivity index (χ3n) is 2.63. The lowest BCUT2D eigenvalue weighted by atomic mass is 10.1. The molecule has 0 atom stereocenters. The number of aromatic nitrogens is 2. The van der Waals surface area contributed by atoms with Gasteiger partial charge in [-0.2, -0.15) is 0 Å². The SMILES string of the molecule is Cc1nc2ccccc2c2cccnc12. The predicted molar refractivity (Wildman–Crippen MR) is 61.8 cm³/mol. The monoisotopic (exact) mass is 194 g/mol. The van der Waals surface area contributed by atoms with E-state index in [2.05, 4.69) is 22.1 Å². The van der Waals surface area contributed by atoms with Crippen LogP contribution in [0.15, 0.2) is 42.6 Å². The Hall–Kier alpha value is -1.96. The number of para-hydroxylation sites is 1. The molecule has 15 heavy (non-hydrogen) atoms. The van der Waals surface area contributed by atoms with E-state index in [9.17, 15) is 0 Å². The van der Waals surface area contributed by atoms with Crippen LogP contribution in [0.3, 0.4) is 0 Å². The summed E-state index contributed by atoms with van der Waals surface area (Å²) in [4.78, 5) is 8.91. The maximum Gasteiger partial charge on any atom is 0.0920 e. The van der Waals surface area contributed by atoms with E-state index in [4.69, 9.17) is 0 Å². The first-order valence-electron chi connectivity index (χ1n) is 4.96. The molecular weight excluding hydrogens is 184 g/mol. The molecule has 0 aliphatic carbocycles. The normalized spacial score (nSPS) is 11.0. The van der Waals surface area contributed by atoms with Gasteiger partial charge in [-0.1, -0.05) is 24.3 Å². The van der Waals surface area contributed by atoms with Crippen molar-refractivity contribution in [1.29, 1.82) is 0 Å². The van der Waals surface area contributed by atoms with E-state index in [0.717, 1.165) is 16.7 Å². The highest BCUT2D eigenvalue weighted by molar-refractivity contribution is 6.04. The Morgan fingerprint density at radius 2 is 1.73 bits per heavy atom. The second-order valence-electron chi connectivity index (χ2n) is 3.61. The minimum atomic E-state index is 0.990. The van der Waals surface area contributed by atoms with Crippen LogP contribution < -0.4 is 0 Å². The van der Waals surface area contributed by atoms with E-state index >= 15 is 0 Å². The molecule has 0 fully saturated rings. The Morgan fingerprint density at radius 1 is 0.933 bits per heavy atom. The van der Waals surface area contributed by atoms with E-state index in [-0.39, 0.29) is 0 Å². The van der Waals surface area contributed by atoms with Crippen LogP contribution in [0.4, 0.5) is 0 Å². The topological polar surface area (TPSA) is 25.8 Å². The summed E-state index contributed by atoms with van der Waals surface area (Å²) in [5, 5.41) is 2.35. The minimum Gasteiger partial charge on any atom is -0.254 e. The highest BCUT2D eigenvalue weighted by atomic mass is 14.8. The quantitative estimate of drug-likeness (QED) is 0.514. The van der Waals surface area contributed by atoms with E-state index in [0.29, 0.717) is 0 Å². The highest BCUT2D eigenvalue weighted by Gasteiger charge is 2.04. The van der Waals surface area contributed by atoms with Crippen molar-refractivity contribution in [2.24, 2.45) is 0 Å². The van der Waals surface area contributed by atoms with Gasteiger partial charge in [0.2, 0.25) is 0 Å². The molecule has 0 radical (unpaired) electrons. The third-order valence-corrected chi connectivity index (χ3v) is 2.63. The van der Waals surface area contributed by atoms with Crippen molar-refractivity contribution in [2.45, 2.75) is 6.92 Å². The van der Waals surface area contributed by atoms with Crippen LogP contribution >= 0.6 is 0 Å². The average Bonchev–Trinajstić information content (AvgIpc) is 2.30. The largest absolute Gasteiger partial charge is 0.254 e. The van der Waals surface area contributed by atoms with Crippen LogP contribution in [0, 0.1) is 6.92 Å². The van der Waals surface area contributed by atoms with Gasteiger partial charge >= 0.3 is 0 Å². The van der Waals surface area contributed by atoms with Gasteiger partial charge in [-0.3, -0.25) is 9.97 Å². The van der Waals surface area contributed by atoms with Crippen LogP contribution in [0.1, 0.15) is 5.69 Å². The van der Waals surface area contributed by atoms with Gasteiger partial charge in [-0.15, -0.1) is 0 Å². The molecular formula is C13H10N2. The highest BCUT2D eigenvalue weighted by Crippen LogP contribution is 2.23. The molecule has 0 bridgehead atoms. The first kappa shape index (κ1) is 8.36. The number of rotatable bonds is 0. The molecule has 2 aromatic heterocycles. The summed E-state index contributed by atoms with van der Waals surface area (Å²) in [7, 11) is 0. The molecule has 0 saturated heterocycles. The number of nitrogens with zero attached hydrogens (tertiary/aromatic N) is 2. The third kappa shape index (κ3) is 1.18. The zero-order chi connectivity index (χ0) is 10.3.